The van der Waals surface area contributed by atoms with Gasteiger partial charge in [-0.05, 0) is 42.0 Å². The molecule has 27 heavy (non-hydrogen) atoms. The molecule has 0 fully saturated rings. The van der Waals surface area contributed by atoms with Crippen molar-refractivity contribution in [3.05, 3.63) is 71.8 Å². The van der Waals surface area contributed by atoms with E-state index in [4.69, 9.17) is 16.3 Å². The maximum absolute atomic E-state index is 12.8. The van der Waals surface area contributed by atoms with E-state index >= 15 is 0 Å². The minimum Gasteiger partial charge on any atom is -0.497 e. The Labute approximate surface area is 164 Å². The molecule has 2 aromatic rings. The number of rotatable bonds is 9. The monoisotopic (exact) mass is 408 g/mol. The Kier molecular flexibility index (Phi) is 7.41. The Balaban J connectivity index is 2.08. The van der Waals surface area contributed by atoms with E-state index < -0.39 is 15.9 Å². The van der Waals surface area contributed by atoms with Crippen LogP contribution in [0.3, 0.4) is 0 Å². The summed E-state index contributed by atoms with van der Waals surface area (Å²) in [6.45, 7) is 3.52. The summed E-state index contributed by atoms with van der Waals surface area (Å²) in [6, 6.07) is 13.1. The van der Waals surface area contributed by atoms with Crippen molar-refractivity contribution in [1.82, 2.24) is 9.62 Å². The van der Waals surface area contributed by atoms with Crippen LogP contribution in [0.25, 0.3) is 0 Å². The second-order valence-corrected chi connectivity index (χ2v) is 8.04. The number of hydrogen-bond acceptors (Lipinski definition) is 4. The van der Waals surface area contributed by atoms with Crippen molar-refractivity contribution in [3.63, 3.8) is 0 Å². The Morgan fingerprint density at radius 1 is 1.26 bits per heavy atom. The molecule has 8 heteroatoms. The van der Waals surface area contributed by atoms with E-state index in [1.54, 1.807) is 30.3 Å². The summed E-state index contributed by atoms with van der Waals surface area (Å²) in [5.41, 5.74) is 0.823. The Hall–Kier alpha value is -2.35. The van der Waals surface area contributed by atoms with Gasteiger partial charge in [0.2, 0.25) is 15.9 Å². The normalized spacial score (nSPS) is 11.2. The highest BCUT2D eigenvalue weighted by Gasteiger charge is 2.25. The number of methoxy groups -OCH3 is 1. The van der Waals surface area contributed by atoms with Gasteiger partial charge in [0.15, 0.2) is 0 Å². The molecule has 0 radical (unpaired) electrons. The smallest absolute Gasteiger partial charge is 0.243 e. The molecule has 0 atom stereocenters. The first-order valence-electron chi connectivity index (χ1n) is 8.13. The van der Waals surface area contributed by atoms with Crippen LogP contribution in [0.2, 0.25) is 5.02 Å². The fraction of sp³-hybridized carbons (Fsp3) is 0.211. The number of nitrogens with one attached hydrogen (secondary N) is 1. The highest BCUT2D eigenvalue weighted by Crippen LogP contribution is 2.19. The summed E-state index contributed by atoms with van der Waals surface area (Å²) < 4.78 is 31.7. The Bertz CT molecular complexity index is 898. The number of carbonyl (C=O) groups is 1. The van der Waals surface area contributed by atoms with Gasteiger partial charge < -0.3 is 10.1 Å². The van der Waals surface area contributed by atoms with Gasteiger partial charge in [0.25, 0.3) is 0 Å². The van der Waals surface area contributed by atoms with Crippen LogP contribution in [0.4, 0.5) is 0 Å². The molecule has 6 nitrogen and oxygen atoms in total. The molecule has 2 aromatic carbocycles. The highest BCUT2D eigenvalue weighted by molar-refractivity contribution is 7.89. The van der Waals surface area contributed by atoms with Crippen molar-refractivity contribution in [2.24, 2.45) is 0 Å². The van der Waals surface area contributed by atoms with Crippen molar-refractivity contribution in [3.8, 4) is 5.75 Å². The van der Waals surface area contributed by atoms with E-state index in [1.807, 2.05) is 6.07 Å². The molecule has 0 aliphatic carbocycles. The number of sulfonamides is 1. The number of carbonyl (C=O) groups excluding carboxylic acids is 1. The van der Waals surface area contributed by atoms with Crippen LogP contribution < -0.4 is 10.1 Å². The predicted molar refractivity (Wildman–Crippen MR) is 105 cm³/mol. The van der Waals surface area contributed by atoms with Crippen molar-refractivity contribution < 1.29 is 17.9 Å². The molecule has 144 valence electrons. The first-order valence-corrected chi connectivity index (χ1v) is 9.95. The van der Waals surface area contributed by atoms with Crippen LogP contribution in [-0.4, -0.2) is 38.8 Å². The summed E-state index contributed by atoms with van der Waals surface area (Å²) in [5, 5.41) is 3.27. The van der Waals surface area contributed by atoms with Crippen LogP contribution in [-0.2, 0) is 21.4 Å². The zero-order chi connectivity index (χ0) is 19.9. The van der Waals surface area contributed by atoms with Crippen molar-refractivity contribution >= 4 is 27.5 Å². The van der Waals surface area contributed by atoms with Gasteiger partial charge in [0.1, 0.15) is 5.75 Å². The lowest BCUT2D eigenvalue weighted by atomic mass is 10.2. The van der Waals surface area contributed by atoms with E-state index in [0.29, 0.717) is 10.8 Å². The molecule has 0 aromatic heterocycles. The summed E-state index contributed by atoms with van der Waals surface area (Å²) in [4.78, 5) is 12.3. The van der Waals surface area contributed by atoms with Crippen LogP contribution >= 0.6 is 11.6 Å². The van der Waals surface area contributed by atoms with Gasteiger partial charge in [-0.25, -0.2) is 8.42 Å². The van der Waals surface area contributed by atoms with Crippen LogP contribution in [0.5, 0.6) is 5.75 Å². The van der Waals surface area contributed by atoms with Crippen molar-refractivity contribution in [2.75, 3.05) is 20.2 Å². The Morgan fingerprint density at radius 2 is 1.96 bits per heavy atom. The molecular formula is C19H21ClN2O4S. The minimum atomic E-state index is -3.85. The van der Waals surface area contributed by atoms with E-state index in [9.17, 15) is 13.2 Å². The van der Waals surface area contributed by atoms with Crippen LogP contribution in [0.15, 0.2) is 66.1 Å². The standard InChI is InChI=1S/C19H21ClN2O4S/c1-3-11-22(27(24,25)18-9-7-17(26-2)8-10-18)14-19(23)21-13-15-5-4-6-16(20)12-15/h3-10,12H,1,11,13-14H2,2H3,(H,21,23). The number of amides is 1. The summed E-state index contributed by atoms with van der Waals surface area (Å²) in [6.07, 6.45) is 1.44. The fourth-order valence-corrected chi connectivity index (χ4v) is 3.93. The topological polar surface area (TPSA) is 75.7 Å². The van der Waals surface area contributed by atoms with Gasteiger partial charge >= 0.3 is 0 Å². The third-order valence-electron chi connectivity index (χ3n) is 3.73. The third kappa shape index (κ3) is 5.82. The summed E-state index contributed by atoms with van der Waals surface area (Å²) in [7, 11) is -2.35. The summed E-state index contributed by atoms with van der Waals surface area (Å²) >= 11 is 5.91. The van der Waals surface area contributed by atoms with Gasteiger partial charge in [-0.15, -0.1) is 6.58 Å². The molecule has 2 rings (SSSR count). The quantitative estimate of drug-likeness (QED) is 0.647. The van der Waals surface area contributed by atoms with Crippen molar-refractivity contribution in [1.29, 1.82) is 0 Å². The van der Waals surface area contributed by atoms with E-state index in [-0.39, 0.29) is 24.5 Å². The van der Waals surface area contributed by atoms with E-state index in [1.165, 1.54) is 25.3 Å². The number of ether oxygens (including phenoxy) is 1. The zero-order valence-corrected chi connectivity index (χ0v) is 16.5. The average molecular weight is 409 g/mol. The molecule has 1 amide bonds. The minimum absolute atomic E-state index is 0.0128. The van der Waals surface area contributed by atoms with Gasteiger partial charge in [-0.2, -0.15) is 4.31 Å². The maximum atomic E-state index is 12.8. The summed E-state index contributed by atoms with van der Waals surface area (Å²) in [5.74, 6) is 0.123. The lowest BCUT2D eigenvalue weighted by molar-refractivity contribution is -0.121. The number of halogens is 1. The van der Waals surface area contributed by atoms with Crippen molar-refractivity contribution in [2.45, 2.75) is 11.4 Å². The number of hydrogen-bond donors (Lipinski definition) is 1. The molecule has 0 unspecified atom stereocenters. The second kappa shape index (κ2) is 9.55. The van der Waals surface area contributed by atoms with Gasteiger partial charge in [0.05, 0.1) is 18.6 Å². The molecule has 0 saturated heterocycles. The van der Waals surface area contributed by atoms with Gasteiger partial charge in [-0.3, -0.25) is 4.79 Å². The van der Waals surface area contributed by atoms with E-state index in [2.05, 4.69) is 11.9 Å². The van der Waals surface area contributed by atoms with Gasteiger partial charge in [0, 0.05) is 18.1 Å². The molecule has 0 bridgehead atoms. The highest BCUT2D eigenvalue weighted by atomic mass is 35.5. The van der Waals surface area contributed by atoms with Gasteiger partial charge in [-0.1, -0.05) is 29.8 Å². The Morgan fingerprint density at radius 3 is 2.56 bits per heavy atom. The largest absolute Gasteiger partial charge is 0.497 e. The first kappa shape index (κ1) is 21.0. The third-order valence-corrected chi connectivity index (χ3v) is 5.79. The zero-order valence-electron chi connectivity index (χ0n) is 14.9. The molecule has 0 heterocycles. The van der Waals surface area contributed by atoms with Crippen LogP contribution in [0, 0.1) is 0 Å². The van der Waals surface area contributed by atoms with Crippen LogP contribution in [0.1, 0.15) is 5.56 Å². The molecule has 1 N–H and O–H groups in total. The lowest BCUT2D eigenvalue weighted by Gasteiger charge is -2.20. The second-order valence-electron chi connectivity index (χ2n) is 5.67. The molecular weight excluding hydrogens is 388 g/mol. The first-order chi connectivity index (χ1) is 12.9. The molecule has 0 saturated carbocycles. The van der Waals surface area contributed by atoms with E-state index in [0.717, 1.165) is 9.87 Å². The maximum Gasteiger partial charge on any atom is 0.243 e. The number of benzene rings is 2. The average Bonchev–Trinajstić information content (AvgIpc) is 2.66. The lowest BCUT2D eigenvalue weighted by Crippen LogP contribution is -2.40. The predicted octanol–water partition coefficient (Wildman–Crippen LogP) is 2.84. The number of nitrogens with zero attached hydrogens (tertiary/aromatic N) is 1. The SMILES string of the molecule is C=CCN(CC(=O)NCc1cccc(Cl)c1)S(=O)(=O)c1ccc(OC)cc1. The molecule has 0 aliphatic rings. The molecule has 0 aliphatic heterocycles. The molecule has 0 spiro atoms. The fourth-order valence-electron chi connectivity index (χ4n) is 2.35.